The lowest BCUT2D eigenvalue weighted by molar-refractivity contribution is -0.131. The van der Waals surface area contributed by atoms with Crippen molar-refractivity contribution in [2.75, 3.05) is 11.9 Å². The van der Waals surface area contributed by atoms with Crippen molar-refractivity contribution < 1.29 is 19.4 Å². The summed E-state index contributed by atoms with van der Waals surface area (Å²) in [5, 5.41) is 11.0. The number of carbonyl (C=O) groups excluding carboxylic acids is 1. The Bertz CT molecular complexity index is 494. The summed E-state index contributed by atoms with van der Waals surface area (Å²) in [6.07, 6.45) is 7.74. The van der Waals surface area contributed by atoms with Gasteiger partial charge in [-0.2, -0.15) is 0 Å². The average Bonchev–Trinajstić information content (AvgIpc) is 2.50. The number of aliphatic carboxylic acids is 1. The first-order chi connectivity index (χ1) is 10.6. The Morgan fingerprint density at radius 3 is 2.41 bits per heavy atom. The highest BCUT2D eigenvalue weighted by molar-refractivity contribution is 6.02. The van der Waals surface area contributed by atoms with E-state index in [2.05, 4.69) is 12.2 Å². The molecule has 1 rings (SSSR count). The number of hydrogen-bond donors (Lipinski definition) is 2. The molecule has 22 heavy (non-hydrogen) atoms. The molecule has 0 aliphatic carbocycles. The summed E-state index contributed by atoms with van der Waals surface area (Å²) in [5.41, 5.74) is 0.593. The second-order valence-corrected chi connectivity index (χ2v) is 4.95. The van der Waals surface area contributed by atoms with Gasteiger partial charge in [-0.05, 0) is 30.7 Å². The van der Waals surface area contributed by atoms with E-state index in [1.54, 1.807) is 24.3 Å². The summed E-state index contributed by atoms with van der Waals surface area (Å²) in [4.78, 5) is 21.7. The quantitative estimate of drug-likeness (QED) is 0.511. The summed E-state index contributed by atoms with van der Waals surface area (Å²) in [6.45, 7) is 2.88. The van der Waals surface area contributed by atoms with Gasteiger partial charge in [-0.25, -0.2) is 4.79 Å². The Labute approximate surface area is 131 Å². The lowest BCUT2D eigenvalue weighted by atomic mass is 10.2. The standard InChI is InChI=1S/C17H23NO4/c1-2-3-4-5-6-13-22-15-9-7-14(8-10-15)18-16(19)11-12-17(20)21/h7-12H,2-6,13H2,1H3,(H,18,19)(H,20,21). The molecule has 0 aliphatic heterocycles. The number of carboxylic acid groups (broad SMARTS) is 1. The number of ether oxygens (including phenoxy) is 1. The summed E-state index contributed by atoms with van der Waals surface area (Å²) in [6, 6.07) is 7.00. The molecule has 1 aromatic carbocycles. The van der Waals surface area contributed by atoms with Crippen LogP contribution in [0.4, 0.5) is 5.69 Å². The number of anilines is 1. The zero-order valence-electron chi connectivity index (χ0n) is 12.9. The van der Waals surface area contributed by atoms with E-state index in [0.29, 0.717) is 12.3 Å². The van der Waals surface area contributed by atoms with Crippen LogP contribution in [-0.4, -0.2) is 23.6 Å². The molecule has 120 valence electrons. The maximum atomic E-state index is 11.4. The molecule has 1 amide bonds. The molecule has 0 radical (unpaired) electrons. The van der Waals surface area contributed by atoms with Gasteiger partial charge in [0.1, 0.15) is 5.75 Å². The summed E-state index contributed by atoms with van der Waals surface area (Å²) < 4.78 is 5.62. The molecule has 0 unspecified atom stereocenters. The van der Waals surface area contributed by atoms with Crippen molar-refractivity contribution in [2.45, 2.75) is 39.0 Å². The Hall–Kier alpha value is -2.30. The molecule has 1 aromatic rings. The first-order valence-corrected chi connectivity index (χ1v) is 7.56. The van der Waals surface area contributed by atoms with Crippen LogP contribution < -0.4 is 10.1 Å². The molecular formula is C17H23NO4. The monoisotopic (exact) mass is 305 g/mol. The number of hydrogen-bond acceptors (Lipinski definition) is 3. The zero-order chi connectivity index (χ0) is 16.2. The lowest BCUT2D eigenvalue weighted by Gasteiger charge is -2.07. The Kier molecular flexibility index (Phi) is 8.42. The van der Waals surface area contributed by atoms with Gasteiger partial charge in [0.15, 0.2) is 0 Å². The molecule has 0 saturated heterocycles. The van der Waals surface area contributed by atoms with Gasteiger partial charge in [0.2, 0.25) is 5.91 Å². The summed E-state index contributed by atoms with van der Waals surface area (Å²) >= 11 is 0. The number of nitrogens with one attached hydrogen (secondary N) is 1. The highest BCUT2D eigenvalue weighted by Gasteiger charge is 2.00. The third-order valence-electron chi connectivity index (χ3n) is 3.02. The maximum absolute atomic E-state index is 11.4. The number of amides is 1. The number of carboxylic acids is 1. The third kappa shape index (κ3) is 8.09. The number of benzene rings is 1. The summed E-state index contributed by atoms with van der Waals surface area (Å²) in [5.74, 6) is -0.876. The molecule has 5 heteroatoms. The van der Waals surface area contributed by atoms with Crippen LogP contribution in [0.5, 0.6) is 5.75 Å². The van der Waals surface area contributed by atoms with Crippen molar-refractivity contribution in [2.24, 2.45) is 0 Å². The fraction of sp³-hybridized carbons (Fsp3) is 0.412. The fourth-order valence-corrected chi connectivity index (χ4v) is 1.86. The van der Waals surface area contributed by atoms with E-state index in [0.717, 1.165) is 24.3 Å². The Morgan fingerprint density at radius 1 is 1.09 bits per heavy atom. The molecule has 0 atom stereocenters. The van der Waals surface area contributed by atoms with Crippen LogP contribution in [0, 0.1) is 0 Å². The minimum atomic E-state index is -1.15. The van der Waals surface area contributed by atoms with E-state index < -0.39 is 11.9 Å². The molecule has 0 bridgehead atoms. The molecular weight excluding hydrogens is 282 g/mol. The minimum Gasteiger partial charge on any atom is -0.494 e. The molecule has 0 fully saturated rings. The Morgan fingerprint density at radius 2 is 1.77 bits per heavy atom. The van der Waals surface area contributed by atoms with E-state index in [1.807, 2.05) is 0 Å². The van der Waals surface area contributed by atoms with Crippen molar-refractivity contribution >= 4 is 17.6 Å². The van der Waals surface area contributed by atoms with Gasteiger partial charge < -0.3 is 15.2 Å². The molecule has 0 spiro atoms. The zero-order valence-corrected chi connectivity index (χ0v) is 12.9. The largest absolute Gasteiger partial charge is 0.494 e. The van der Waals surface area contributed by atoms with Gasteiger partial charge in [-0.15, -0.1) is 0 Å². The van der Waals surface area contributed by atoms with Crippen molar-refractivity contribution in [3.63, 3.8) is 0 Å². The highest BCUT2D eigenvalue weighted by atomic mass is 16.5. The van der Waals surface area contributed by atoms with Gasteiger partial charge in [0.25, 0.3) is 0 Å². The number of carbonyl (C=O) groups is 2. The normalized spacial score (nSPS) is 10.6. The smallest absolute Gasteiger partial charge is 0.328 e. The molecule has 0 aliphatic rings. The van der Waals surface area contributed by atoms with Crippen LogP contribution >= 0.6 is 0 Å². The van der Waals surface area contributed by atoms with E-state index in [-0.39, 0.29) is 0 Å². The van der Waals surface area contributed by atoms with Crippen LogP contribution in [0.15, 0.2) is 36.4 Å². The van der Waals surface area contributed by atoms with Crippen molar-refractivity contribution in [1.82, 2.24) is 0 Å². The molecule has 5 nitrogen and oxygen atoms in total. The SMILES string of the molecule is CCCCCCCOc1ccc(NC(=O)C=CC(=O)O)cc1. The van der Waals surface area contributed by atoms with Crippen LogP contribution in [0.2, 0.25) is 0 Å². The third-order valence-corrected chi connectivity index (χ3v) is 3.02. The van der Waals surface area contributed by atoms with E-state index >= 15 is 0 Å². The first kappa shape index (κ1) is 17.8. The molecule has 0 heterocycles. The van der Waals surface area contributed by atoms with Crippen molar-refractivity contribution in [1.29, 1.82) is 0 Å². The van der Waals surface area contributed by atoms with Gasteiger partial charge >= 0.3 is 5.97 Å². The minimum absolute atomic E-state index is 0.480. The Balaban J connectivity index is 2.30. The number of rotatable bonds is 10. The lowest BCUT2D eigenvalue weighted by Crippen LogP contribution is -2.08. The molecule has 0 aromatic heterocycles. The fourth-order valence-electron chi connectivity index (χ4n) is 1.86. The maximum Gasteiger partial charge on any atom is 0.328 e. The van der Waals surface area contributed by atoms with Crippen LogP contribution in [0.1, 0.15) is 39.0 Å². The van der Waals surface area contributed by atoms with Gasteiger partial charge in [-0.3, -0.25) is 4.79 Å². The molecule has 0 saturated carbocycles. The highest BCUT2D eigenvalue weighted by Crippen LogP contribution is 2.16. The van der Waals surface area contributed by atoms with Gasteiger partial charge in [-0.1, -0.05) is 32.6 Å². The van der Waals surface area contributed by atoms with E-state index in [4.69, 9.17) is 9.84 Å². The molecule has 2 N–H and O–H groups in total. The average molecular weight is 305 g/mol. The summed E-state index contributed by atoms with van der Waals surface area (Å²) in [7, 11) is 0. The van der Waals surface area contributed by atoms with Crippen LogP contribution in [0.25, 0.3) is 0 Å². The topological polar surface area (TPSA) is 75.6 Å². The van der Waals surface area contributed by atoms with Crippen LogP contribution in [-0.2, 0) is 9.59 Å². The van der Waals surface area contributed by atoms with Gasteiger partial charge in [0, 0.05) is 17.8 Å². The van der Waals surface area contributed by atoms with E-state index in [9.17, 15) is 9.59 Å². The number of unbranched alkanes of at least 4 members (excludes halogenated alkanes) is 4. The predicted octanol–water partition coefficient (Wildman–Crippen LogP) is 3.62. The van der Waals surface area contributed by atoms with E-state index in [1.165, 1.54) is 25.7 Å². The second-order valence-electron chi connectivity index (χ2n) is 4.95. The van der Waals surface area contributed by atoms with Crippen molar-refractivity contribution in [3.8, 4) is 5.75 Å². The van der Waals surface area contributed by atoms with Crippen LogP contribution in [0.3, 0.4) is 0 Å². The van der Waals surface area contributed by atoms with Gasteiger partial charge in [0.05, 0.1) is 6.61 Å². The first-order valence-electron chi connectivity index (χ1n) is 7.56. The van der Waals surface area contributed by atoms with Crippen molar-refractivity contribution in [3.05, 3.63) is 36.4 Å². The second kappa shape index (κ2) is 10.4. The predicted molar refractivity (Wildman–Crippen MR) is 86.1 cm³/mol.